The van der Waals surface area contributed by atoms with Gasteiger partial charge >= 0.3 is 10.3 Å². The smallest absolute Gasteiger partial charge is 0.302 e. The van der Waals surface area contributed by atoms with Crippen molar-refractivity contribution in [2.75, 3.05) is 0 Å². The SMILES string of the molecule is Cc1cc(O)c(-c2[s+]sc3ccccc23)c(C)c1C.[Cl-]. The summed E-state index contributed by atoms with van der Waals surface area (Å²) in [5, 5.41) is 11.6. The van der Waals surface area contributed by atoms with Crippen LogP contribution in [0.5, 0.6) is 5.75 Å². The third kappa shape index (κ3) is 2.30. The highest BCUT2D eigenvalue weighted by atomic mass is 35.5. The zero-order valence-corrected chi connectivity index (χ0v) is 13.9. The highest BCUT2D eigenvalue weighted by molar-refractivity contribution is 7.73. The number of hydrogen-bond donors (Lipinski definition) is 1. The first-order chi connectivity index (χ1) is 9.09. The molecule has 1 heterocycles. The predicted molar refractivity (Wildman–Crippen MR) is 85.4 cm³/mol. The van der Waals surface area contributed by atoms with Gasteiger partial charge in [0.1, 0.15) is 5.75 Å². The quantitative estimate of drug-likeness (QED) is 0.539. The van der Waals surface area contributed by atoms with Gasteiger partial charge in [0, 0.05) is 0 Å². The van der Waals surface area contributed by atoms with Crippen LogP contribution in [0.1, 0.15) is 16.7 Å². The van der Waals surface area contributed by atoms with Crippen molar-refractivity contribution in [3.05, 3.63) is 47.0 Å². The number of phenols is 1. The molecule has 0 radical (unpaired) electrons. The first-order valence-electron chi connectivity index (χ1n) is 6.20. The summed E-state index contributed by atoms with van der Waals surface area (Å²) in [5.74, 6) is 0.389. The fourth-order valence-corrected chi connectivity index (χ4v) is 5.10. The summed E-state index contributed by atoms with van der Waals surface area (Å²) in [5.41, 5.74) is 4.57. The van der Waals surface area contributed by atoms with Gasteiger partial charge in [0.05, 0.1) is 15.6 Å². The molecular weight excluding hydrogens is 308 g/mol. The van der Waals surface area contributed by atoms with Crippen molar-refractivity contribution in [3.8, 4) is 16.2 Å². The van der Waals surface area contributed by atoms with E-state index in [9.17, 15) is 5.11 Å². The molecule has 1 N–H and O–H groups in total. The maximum atomic E-state index is 10.3. The highest BCUT2D eigenvalue weighted by Gasteiger charge is 2.25. The number of fused-ring (bicyclic) bond motifs is 1. The van der Waals surface area contributed by atoms with E-state index in [4.69, 9.17) is 0 Å². The molecule has 4 heteroatoms. The lowest BCUT2D eigenvalue weighted by atomic mass is 9.96. The van der Waals surface area contributed by atoms with E-state index in [0.717, 1.165) is 11.1 Å². The Morgan fingerprint density at radius 2 is 1.75 bits per heavy atom. The third-order valence-corrected chi connectivity index (χ3v) is 6.21. The number of benzene rings is 2. The van der Waals surface area contributed by atoms with E-state index in [0.29, 0.717) is 5.75 Å². The third-order valence-electron chi connectivity index (χ3n) is 3.71. The molecule has 0 bridgehead atoms. The van der Waals surface area contributed by atoms with E-state index >= 15 is 0 Å². The van der Waals surface area contributed by atoms with Crippen LogP contribution in [-0.2, 0) is 0 Å². The topological polar surface area (TPSA) is 20.2 Å². The Labute approximate surface area is 132 Å². The van der Waals surface area contributed by atoms with Crippen LogP contribution in [0.25, 0.3) is 20.5 Å². The van der Waals surface area contributed by atoms with Gasteiger partial charge in [0.15, 0.2) is 10.3 Å². The van der Waals surface area contributed by atoms with Gasteiger partial charge in [-0.3, -0.25) is 0 Å². The first-order valence-corrected chi connectivity index (χ1v) is 8.35. The van der Waals surface area contributed by atoms with Gasteiger partial charge in [-0.15, -0.1) is 0 Å². The average Bonchev–Trinajstić information content (AvgIpc) is 2.81. The zero-order valence-electron chi connectivity index (χ0n) is 11.5. The molecule has 104 valence electrons. The average molecular weight is 323 g/mol. The van der Waals surface area contributed by atoms with E-state index in [1.807, 2.05) is 13.0 Å². The Kier molecular flexibility index (Phi) is 4.33. The van der Waals surface area contributed by atoms with Crippen LogP contribution in [0.4, 0.5) is 0 Å². The Balaban J connectivity index is 0.00000147. The van der Waals surface area contributed by atoms with Crippen LogP contribution < -0.4 is 12.4 Å². The summed E-state index contributed by atoms with van der Waals surface area (Å²) < 4.78 is 1.28. The zero-order chi connectivity index (χ0) is 13.6. The molecule has 1 aromatic heterocycles. The van der Waals surface area contributed by atoms with Crippen molar-refractivity contribution in [2.45, 2.75) is 20.8 Å². The molecule has 0 saturated carbocycles. The monoisotopic (exact) mass is 322 g/mol. The Bertz CT molecular complexity index is 777. The lowest BCUT2D eigenvalue weighted by Crippen LogP contribution is -3.00. The fourth-order valence-electron chi connectivity index (χ4n) is 2.38. The molecule has 0 aliphatic rings. The van der Waals surface area contributed by atoms with Crippen LogP contribution in [0, 0.1) is 20.8 Å². The van der Waals surface area contributed by atoms with Crippen molar-refractivity contribution in [3.63, 3.8) is 0 Å². The highest BCUT2D eigenvalue weighted by Crippen LogP contribution is 2.45. The van der Waals surface area contributed by atoms with Crippen molar-refractivity contribution in [2.24, 2.45) is 0 Å². The summed E-state index contributed by atoms with van der Waals surface area (Å²) in [4.78, 5) is 1.18. The number of rotatable bonds is 1. The minimum absolute atomic E-state index is 0. The molecule has 0 aliphatic heterocycles. The molecule has 3 aromatic rings. The van der Waals surface area contributed by atoms with E-state index in [1.54, 1.807) is 20.7 Å². The summed E-state index contributed by atoms with van der Waals surface area (Å²) in [7, 11) is 3.51. The van der Waals surface area contributed by atoms with Gasteiger partial charge in [0.25, 0.3) is 4.88 Å². The van der Waals surface area contributed by atoms with Gasteiger partial charge in [-0.1, -0.05) is 12.1 Å². The molecule has 20 heavy (non-hydrogen) atoms. The van der Waals surface area contributed by atoms with Crippen molar-refractivity contribution in [1.82, 2.24) is 0 Å². The van der Waals surface area contributed by atoms with E-state index in [1.165, 1.54) is 26.1 Å². The van der Waals surface area contributed by atoms with Crippen LogP contribution in [0.3, 0.4) is 0 Å². The van der Waals surface area contributed by atoms with Crippen molar-refractivity contribution in [1.29, 1.82) is 0 Å². The van der Waals surface area contributed by atoms with Crippen molar-refractivity contribution >= 4 is 30.8 Å². The van der Waals surface area contributed by atoms with Gasteiger partial charge < -0.3 is 17.5 Å². The van der Waals surface area contributed by atoms with Crippen LogP contribution in [0.15, 0.2) is 30.3 Å². The Hall–Kier alpha value is -1.16. The largest absolute Gasteiger partial charge is 1.00 e. The minimum atomic E-state index is 0. The predicted octanol–water partition coefficient (Wildman–Crippen LogP) is 2.55. The van der Waals surface area contributed by atoms with E-state index in [2.05, 4.69) is 38.1 Å². The van der Waals surface area contributed by atoms with Gasteiger partial charge in [-0.25, -0.2) is 0 Å². The molecule has 1 nitrogen and oxygen atoms in total. The summed E-state index contributed by atoms with van der Waals surface area (Å²) in [6.45, 7) is 6.25. The molecule has 0 aliphatic carbocycles. The molecule has 2 aromatic carbocycles. The van der Waals surface area contributed by atoms with Crippen molar-refractivity contribution < 1.29 is 17.5 Å². The molecule has 3 rings (SSSR count). The van der Waals surface area contributed by atoms with Gasteiger partial charge in [-0.2, -0.15) is 0 Å². The summed E-state index contributed by atoms with van der Waals surface area (Å²) in [6, 6.07) is 10.2. The normalized spacial score (nSPS) is 10.6. The second kappa shape index (κ2) is 5.68. The van der Waals surface area contributed by atoms with Crippen LogP contribution in [-0.4, -0.2) is 5.11 Å². The summed E-state index contributed by atoms with van der Waals surface area (Å²) in [6.07, 6.45) is 0. The molecule has 0 spiro atoms. The maximum absolute atomic E-state index is 10.3. The lowest BCUT2D eigenvalue weighted by molar-refractivity contribution is -0.00000473. The number of phenolic OH excluding ortho intramolecular Hbond substituents is 1. The number of aromatic hydroxyl groups is 1. The van der Waals surface area contributed by atoms with Crippen LogP contribution >= 0.6 is 20.7 Å². The minimum Gasteiger partial charge on any atom is -1.00 e. The molecule has 0 fully saturated rings. The second-order valence-electron chi connectivity index (χ2n) is 4.83. The van der Waals surface area contributed by atoms with Gasteiger partial charge in [-0.05, 0) is 55.7 Å². The van der Waals surface area contributed by atoms with E-state index < -0.39 is 0 Å². The molecule has 0 amide bonds. The summed E-state index contributed by atoms with van der Waals surface area (Å²) >= 11 is 0. The Morgan fingerprint density at radius 3 is 2.50 bits per heavy atom. The second-order valence-corrected chi connectivity index (χ2v) is 7.01. The maximum Gasteiger partial charge on any atom is 0.302 e. The Morgan fingerprint density at radius 1 is 1.05 bits per heavy atom. The molecule has 0 unspecified atom stereocenters. The fraction of sp³-hybridized carbons (Fsp3) is 0.188. The van der Waals surface area contributed by atoms with Crippen LogP contribution in [0.2, 0.25) is 0 Å². The number of halogens is 1. The standard InChI is InChI=1S/C16H14OS2.ClH/c1-9-8-13(17)15(11(3)10(9)2)16-12-6-4-5-7-14(12)18-19-16;/h4-8H,1-3H3;1H. The lowest BCUT2D eigenvalue weighted by Gasteiger charge is -2.09. The first kappa shape index (κ1) is 15.2. The molecular formula is C16H15ClOS2. The van der Waals surface area contributed by atoms with E-state index in [-0.39, 0.29) is 12.4 Å². The molecule has 0 saturated heterocycles. The number of hydrogen-bond acceptors (Lipinski definition) is 2. The van der Waals surface area contributed by atoms with Gasteiger partial charge in [0.2, 0.25) is 0 Å². The molecule has 0 atom stereocenters. The number of aryl methyl sites for hydroxylation is 1.